The number of rotatable bonds is 42. The first kappa shape index (κ1) is 101. The van der Waals surface area contributed by atoms with Gasteiger partial charge in [0.1, 0.15) is 13.2 Å². The number of aliphatic hydroxyl groups excluding tert-OH is 2. The SMILES string of the molecule is CNC(=O)c1ccccc1Sc1ccc2c(/C=C/c3ccccn3)nn(C(=O)OCCOCCOCCO)c2c1.CNC(=O)c1ccccc1Sc1ccc2c(/C=C/c3ccccn3)nn(C(=O)OCCOCCOCCOCCO)c2c1.CNC(=O)c1ccccc1Sc1ccc2c(/C=C/c3ccccn3)nn(P(=O)(C[C@@H](C)C(=O)OC)OCCOC)c2c1.Cl.Cl. The summed E-state index contributed by atoms with van der Waals surface area (Å²) in [5, 5.41) is 41.5. The highest BCUT2D eigenvalue weighted by molar-refractivity contribution is 8.00. The Hall–Kier alpha value is -11.3. The summed E-state index contributed by atoms with van der Waals surface area (Å²) in [5.74, 6) is -1.77. The molecule has 6 aromatic heterocycles. The lowest BCUT2D eigenvalue weighted by Gasteiger charge is -2.22. The molecule has 37 heteroatoms. The Bertz CT molecular complexity index is 5700. The summed E-state index contributed by atoms with van der Waals surface area (Å²) >= 11 is 4.23. The normalized spacial score (nSPS) is 11.9. The van der Waals surface area contributed by atoms with Crippen LogP contribution in [0.25, 0.3) is 69.2 Å². The molecule has 0 saturated carbocycles. The second-order valence-electron chi connectivity index (χ2n) is 26.5. The number of esters is 1. The number of aromatic nitrogens is 9. The van der Waals surface area contributed by atoms with Gasteiger partial charge in [0.2, 0.25) is 0 Å². The minimum Gasteiger partial charge on any atom is -0.469 e. The Morgan fingerprint density at radius 3 is 1.10 bits per heavy atom. The predicted molar refractivity (Wildman–Crippen MR) is 494 cm³/mol. The van der Waals surface area contributed by atoms with Crippen molar-refractivity contribution in [1.29, 1.82) is 0 Å². The number of hydrogen-bond donors (Lipinski definition) is 5. The van der Waals surface area contributed by atoms with Gasteiger partial charge in [0, 0.05) is 92.4 Å². The van der Waals surface area contributed by atoms with E-state index in [1.54, 1.807) is 83.1 Å². The molecule has 0 saturated heterocycles. The number of aliphatic hydroxyl groups is 2. The number of ether oxygens (including phenoxy) is 9. The smallest absolute Gasteiger partial charge is 0.435 e. The summed E-state index contributed by atoms with van der Waals surface area (Å²) in [5.41, 5.74) is 7.29. The highest BCUT2D eigenvalue weighted by Gasteiger charge is 2.35. The lowest BCUT2D eigenvalue weighted by molar-refractivity contribution is -0.144. The number of nitrogens with zero attached hydrogens (tertiary/aromatic N) is 9. The number of pyridine rings is 3. The molecule has 0 aliphatic rings. The van der Waals surface area contributed by atoms with Crippen molar-refractivity contribution >= 4 is 173 Å². The summed E-state index contributed by atoms with van der Waals surface area (Å²) in [6.45, 7) is 4.98. The molecule has 5 N–H and O–H groups in total. The van der Waals surface area contributed by atoms with Crippen LogP contribution < -0.4 is 16.0 Å². The molecule has 0 radical (unpaired) electrons. The molecule has 0 fully saturated rings. The molecule has 2 atom stereocenters. The van der Waals surface area contributed by atoms with Gasteiger partial charge in [-0.1, -0.05) is 96.8 Å². The van der Waals surface area contributed by atoms with Crippen molar-refractivity contribution in [2.75, 3.05) is 147 Å². The van der Waals surface area contributed by atoms with Crippen LogP contribution in [0.1, 0.15) is 72.2 Å². The van der Waals surface area contributed by atoms with E-state index in [1.165, 1.54) is 63.3 Å². The number of fused-ring (bicyclic) bond motifs is 3. The van der Waals surface area contributed by atoms with Crippen molar-refractivity contribution in [2.45, 2.75) is 36.3 Å². The molecule has 6 heterocycles. The lowest BCUT2D eigenvalue weighted by atomic mass is 10.2. The van der Waals surface area contributed by atoms with E-state index in [-0.39, 0.29) is 115 Å². The van der Waals surface area contributed by atoms with E-state index in [0.29, 0.717) is 90.0 Å². The molecular formula is C90H99Cl2N12O19PS3. The van der Waals surface area contributed by atoms with Crippen LogP contribution in [0.2, 0.25) is 0 Å². The van der Waals surface area contributed by atoms with E-state index in [2.05, 4.69) is 41.1 Å². The molecule has 0 aliphatic carbocycles. The Labute approximate surface area is 759 Å². The van der Waals surface area contributed by atoms with Crippen LogP contribution in [-0.4, -0.2) is 237 Å². The second-order valence-corrected chi connectivity index (χ2v) is 32.1. The first-order valence-corrected chi connectivity index (χ1v) is 43.8. The quantitative estimate of drug-likeness (QED) is 0.0103. The van der Waals surface area contributed by atoms with Gasteiger partial charge in [0.25, 0.3) is 17.7 Å². The highest BCUT2D eigenvalue weighted by atomic mass is 35.5. The molecule has 6 aromatic carbocycles. The zero-order valence-corrected chi connectivity index (χ0v) is 75.4. The molecule has 0 spiro atoms. The van der Waals surface area contributed by atoms with Crippen LogP contribution in [-0.2, 0) is 56.5 Å². The van der Waals surface area contributed by atoms with Crippen LogP contribution >= 0.6 is 67.6 Å². The third-order valence-corrected chi connectivity index (χ3v) is 23.6. The summed E-state index contributed by atoms with van der Waals surface area (Å²) in [7, 11) is 3.81. The van der Waals surface area contributed by atoms with Crippen LogP contribution in [0.5, 0.6) is 0 Å². The Morgan fingerprint density at radius 1 is 0.417 bits per heavy atom. The number of halogens is 2. The van der Waals surface area contributed by atoms with Gasteiger partial charge in [-0.2, -0.15) is 29.1 Å². The minimum absolute atomic E-state index is 0. The van der Waals surface area contributed by atoms with Gasteiger partial charge in [-0.15, -0.1) is 24.8 Å². The fourth-order valence-corrected chi connectivity index (χ4v) is 17.1. The maximum atomic E-state index is 14.6. The summed E-state index contributed by atoms with van der Waals surface area (Å²) in [6.07, 6.45) is 14.6. The number of benzene rings is 6. The number of amides is 3. The first-order chi connectivity index (χ1) is 61.0. The fourth-order valence-electron chi connectivity index (χ4n) is 11.9. The molecule has 31 nitrogen and oxygen atoms in total. The number of carbonyl (C=O) groups excluding carboxylic acids is 6. The average molecular weight is 1850 g/mol. The molecule has 1 unspecified atom stereocenters. The maximum Gasteiger partial charge on any atom is 0.435 e. The van der Waals surface area contributed by atoms with Crippen LogP contribution in [0.15, 0.2) is 230 Å². The number of hydrogen-bond acceptors (Lipinski definition) is 28. The van der Waals surface area contributed by atoms with Gasteiger partial charge in [-0.3, -0.25) is 38.7 Å². The van der Waals surface area contributed by atoms with Gasteiger partial charge < -0.3 is 73.3 Å². The molecule has 3 amide bonds. The number of nitrogens with one attached hydrogen (secondary N) is 3. The van der Waals surface area contributed by atoms with Crippen molar-refractivity contribution < 1.29 is 90.7 Å². The fraction of sp³-hybridized carbons (Fsp3) is 0.267. The van der Waals surface area contributed by atoms with Crippen LogP contribution in [0, 0.1) is 5.92 Å². The van der Waals surface area contributed by atoms with Gasteiger partial charge >= 0.3 is 25.7 Å². The summed E-state index contributed by atoms with van der Waals surface area (Å²) in [6, 6.07) is 55.8. The third kappa shape index (κ3) is 30.2. The van der Waals surface area contributed by atoms with Crippen molar-refractivity contribution in [3.8, 4) is 0 Å². The number of carbonyl (C=O) groups is 6. The zero-order valence-electron chi connectivity index (χ0n) is 70.5. The van der Waals surface area contributed by atoms with Crippen LogP contribution in [0.3, 0.4) is 0 Å². The van der Waals surface area contributed by atoms with Gasteiger partial charge in [0.05, 0.1) is 179 Å². The van der Waals surface area contributed by atoms with Gasteiger partial charge in [-0.25, -0.2) is 9.59 Å². The van der Waals surface area contributed by atoms with Crippen molar-refractivity contribution in [3.05, 3.63) is 251 Å². The second kappa shape index (κ2) is 54.0. The topological polar surface area (TPSA) is 380 Å². The molecule has 0 aliphatic heterocycles. The van der Waals surface area contributed by atoms with Crippen molar-refractivity contribution in [2.24, 2.45) is 5.92 Å². The van der Waals surface area contributed by atoms with E-state index < -0.39 is 31.6 Å². The molecule has 12 aromatic rings. The van der Waals surface area contributed by atoms with Crippen molar-refractivity contribution in [1.82, 2.24) is 60.0 Å². The lowest BCUT2D eigenvalue weighted by Crippen LogP contribution is -2.21. The van der Waals surface area contributed by atoms with E-state index >= 15 is 0 Å². The highest BCUT2D eigenvalue weighted by Crippen LogP contribution is 2.52. The van der Waals surface area contributed by atoms with E-state index in [1.807, 2.05) is 182 Å². The molecule has 127 heavy (non-hydrogen) atoms. The molecule has 12 rings (SSSR count). The molecular weight excluding hydrogens is 1750 g/mol. The van der Waals surface area contributed by atoms with Gasteiger partial charge in [0.15, 0.2) is 0 Å². The first-order valence-electron chi connectivity index (χ1n) is 39.6. The Morgan fingerprint density at radius 2 is 0.756 bits per heavy atom. The largest absolute Gasteiger partial charge is 0.469 e. The summed E-state index contributed by atoms with van der Waals surface area (Å²) < 4.78 is 71.8. The standard InChI is InChI=1S/C31H34N4O7S.C30H33N4O6PS.C29H30N4O6S.2ClH/c1-32-30(37)26-7-2-3-8-29(26)43-24-10-11-25-27(12-9-23-6-4-5-13-33-23)34-35(28(25)22-24)31(38)42-21-20-41-19-18-40-17-16-39-15-14-36;1-21(30(36)39-4)20-41(37,40-18-17-38-3)34-27-19-23(42-28-11-6-5-10-25(28)29(35)31-2)13-14-24(27)26(33-34)15-12-22-9-7-8-16-32-22;1-30-28(35)24-7-2-3-8-27(24)40-22-10-11-23-25(12-9-21-6-4-5-13-31-21)32-33(26(23)20-22)29(36)39-19-18-38-17-16-37-15-14-34;;/h2-13,22,36H,14-21H2,1H3,(H,32,37);5-16,19,21H,17-18,20H2,1-4H3,(H,31,35);2-13,20,34H,14-19H2,1H3,(H,30,35);2*1H/b12-9+;15-12+;12-9+;;/t;21-,41?;;;/m.1.../s1. The Kier molecular flexibility index (Phi) is 43.0. The van der Waals surface area contributed by atoms with Crippen molar-refractivity contribution in [3.63, 3.8) is 0 Å². The summed E-state index contributed by atoms with van der Waals surface area (Å²) in [4.78, 5) is 93.4. The molecule has 670 valence electrons. The number of methoxy groups -OCH3 is 2. The van der Waals surface area contributed by atoms with E-state index in [9.17, 15) is 33.3 Å². The third-order valence-electron chi connectivity index (χ3n) is 17.9. The van der Waals surface area contributed by atoms with Crippen LogP contribution in [0.4, 0.5) is 9.59 Å². The molecule has 0 bridgehead atoms. The zero-order chi connectivity index (χ0) is 88.6. The minimum atomic E-state index is -3.78. The Balaban J connectivity index is 0.000000234. The predicted octanol–water partition coefficient (Wildman–Crippen LogP) is 14.7. The average Bonchev–Trinajstić information content (AvgIpc) is 1.61. The van der Waals surface area contributed by atoms with E-state index in [0.717, 1.165) is 62.6 Å². The monoisotopic (exact) mass is 1850 g/mol. The maximum absolute atomic E-state index is 14.6. The van der Waals surface area contributed by atoms with E-state index in [4.69, 9.17) is 62.5 Å². The van der Waals surface area contributed by atoms with Gasteiger partial charge in [-0.05, 0) is 164 Å².